The Hall–Kier alpha value is -1.88. The molecule has 0 radical (unpaired) electrons. The van der Waals surface area contributed by atoms with Gasteiger partial charge < -0.3 is 14.7 Å². The van der Waals surface area contributed by atoms with Crippen molar-refractivity contribution in [2.45, 2.75) is 19.9 Å². The Morgan fingerprint density at radius 1 is 1.26 bits per heavy atom. The molecular formula is C14H19NO4. The maximum atomic E-state index is 11.2. The first-order chi connectivity index (χ1) is 9.02. The molecule has 5 heteroatoms. The summed E-state index contributed by atoms with van der Waals surface area (Å²) < 4.78 is 4.85. The quantitative estimate of drug-likeness (QED) is 0.761. The fourth-order valence-corrected chi connectivity index (χ4v) is 1.66. The summed E-state index contributed by atoms with van der Waals surface area (Å²) >= 11 is 0. The summed E-state index contributed by atoms with van der Waals surface area (Å²) in [5, 5.41) is 8.79. The second-order valence-electron chi connectivity index (χ2n) is 4.29. The monoisotopic (exact) mass is 265 g/mol. The highest BCUT2D eigenvalue weighted by Crippen LogP contribution is 2.07. The van der Waals surface area contributed by atoms with Gasteiger partial charge in [0.1, 0.15) is 0 Å². The second kappa shape index (κ2) is 7.53. The topological polar surface area (TPSA) is 66.8 Å². The first-order valence-corrected chi connectivity index (χ1v) is 6.19. The predicted molar refractivity (Wildman–Crippen MR) is 71.0 cm³/mol. The number of hydrogen-bond acceptors (Lipinski definition) is 4. The van der Waals surface area contributed by atoms with Crippen LogP contribution in [0.4, 0.5) is 0 Å². The van der Waals surface area contributed by atoms with Crippen LogP contribution < -0.4 is 0 Å². The number of carboxylic acids is 1. The summed E-state index contributed by atoms with van der Waals surface area (Å²) in [7, 11) is 1.91. The Labute approximate surface area is 112 Å². The Morgan fingerprint density at radius 2 is 1.89 bits per heavy atom. The molecule has 0 atom stereocenters. The summed E-state index contributed by atoms with van der Waals surface area (Å²) in [4.78, 5) is 23.9. The molecule has 0 bridgehead atoms. The molecule has 1 aromatic rings. The molecule has 1 N–H and O–H groups in total. The van der Waals surface area contributed by atoms with E-state index in [1.54, 1.807) is 31.2 Å². The Bertz CT molecular complexity index is 428. The van der Waals surface area contributed by atoms with Crippen LogP contribution in [0.2, 0.25) is 0 Å². The molecule has 0 aromatic heterocycles. The number of benzene rings is 1. The van der Waals surface area contributed by atoms with E-state index in [0.717, 1.165) is 5.56 Å². The standard InChI is InChI=1S/C14H19NO4/c1-3-19-13(16)8-9-15(2)10-11-4-6-12(7-5-11)14(17)18/h4-7H,3,8-10H2,1-2H3,(H,17,18). The largest absolute Gasteiger partial charge is 0.478 e. The second-order valence-corrected chi connectivity index (χ2v) is 4.29. The molecule has 5 nitrogen and oxygen atoms in total. The number of ether oxygens (including phenoxy) is 1. The molecule has 1 aromatic carbocycles. The number of carbonyl (C=O) groups excluding carboxylic acids is 1. The molecule has 0 saturated heterocycles. The minimum atomic E-state index is -0.929. The third-order valence-electron chi connectivity index (χ3n) is 2.66. The van der Waals surface area contributed by atoms with Crippen molar-refractivity contribution in [3.63, 3.8) is 0 Å². The highest BCUT2D eigenvalue weighted by atomic mass is 16.5. The third-order valence-corrected chi connectivity index (χ3v) is 2.66. The van der Waals surface area contributed by atoms with Crippen LogP contribution in [-0.4, -0.2) is 42.1 Å². The first-order valence-electron chi connectivity index (χ1n) is 6.19. The number of rotatable bonds is 7. The van der Waals surface area contributed by atoms with Crippen molar-refractivity contribution in [2.75, 3.05) is 20.2 Å². The first kappa shape index (κ1) is 15.2. The Morgan fingerprint density at radius 3 is 2.42 bits per heavy atom. The molecular weight excluding hydrogens is 246 g/mol. The van der Waals surface area contributed by atoms with Gasteiger partial charge in [0.25, 0.3) is 0 Å². The Balaban J connectivity index is 2.41. The van der Waals surface area contributed by atoms with Gasteiger partial charge in [-0.25, -0.2) is 4.79 Å². The number of hydrogen-bond donors (Lipinski definition) is 1. The highest BCUT2D eigenvalue weighted by Gasteiger charge is 2.07. The van der Waals surface area contributed by atoms with Crippen LogP contribution in [0.3, 0.4) is 0 Å². The van der Waals surface area contributed by atoms with Crippen LogP contribution in [0.15, 0.2) is 24.3 Å². The van der Waals surface area contributed by atoms with Gasteiger partial charge in [-0.3, -0.25) is 4.79 Å². The van der Waals surface area contributed by atoms with Gasteiger partial charge in [-0.1, -0.05) is 12.1 Å². The molecule has 0 unspecified atom stereocenters. The third kappa shape index (κ3) is 5.52. The van der Waals surface area contributed by atoms with Crippen molar-refractivity contribution in [3.8, 4) is 0 Å². The smallest absolute Gasteiger partial charge is 0.335 e. The SMILES string of the molecule is CCOC(=O)CCN(C)Cc1ccc(C(=O)O)cc1. The predicted octanol–water partition coefficient (Wildman–Crippen LogP) is 1.77. The van der Waals surface area contributed by atoms with Crippen LogP contribution in [0.25, 0.3) is 0 Å². The van der Waals surface area contributed by atoms with Crippen molar-refractivity contribution in [1.82, 2.24) is 4.90 Å². The molecule has 0 amide bonds. The van der Waals surface area contributed by atoms with E-state index in [9.17, 15) is 9.59 Å². The van der Waals surface area contributed by atoms with Crippen LogP contribution in [0, 0.1) is 0 Å². The molecule has 0 saturated carbocycles. The summed E-state index contributed by atoms with van der Waals surface area (Å²) in [5.41, 5.74) is 1.29. The van der Waals surface area contributed by atoms with Gasteiger partial charge in [-0.15, -0.1) is 0 Å². The van der Waals surface area contributed by atoms with E-state index in [2.05, 4.69) is 0 Å². The zero-order valence-electron chi connectivity index (χ0n) is 11.3. The van der Waals surface area contributed by atoms with E-state index in [0.29, 0.717) is 26.1 Å². The molecule has 0 spiro atoms. The van der Waals surface area contributed by atoms with E-state index in [-0.39, 0.29) is 11.5 Å². The van der Waals surface area contributed by atoms with Crippen LogP contribution in [0.1, 0.15) is 29.3 Å². The maximum absolute atomic E-state index is 11.2. The van der Waals surface area contributed by atoms with Crippen molar-refractivity contribution in [3.05, 3.63) is 35.4 Å². The molecule has 104 valence electrons. The molecule has 0 heterocycles. The molecule has 0 aliphatic carbocycles. The normalized spacial score (nSPS) is 10.5. The van der Waals surface area contributed by atoms with Gasteiger partial charge in [0.2, 0.25) is 0 Å². The Kier molecular flexibility index (Phi) is 6.02. The van der Waals surface area contributed by atoms with E-state index >= 15 is 0 Å². The van der Waals surface area contributed by atoms with Crippen LogP contribution in [-0.2, 0) is 16.1 Å². The number of esters is 1. The highest BCUT2D eigenvalue weighted by molar-refractivity contribution is 5.87. The van der Waals surface area contributed by atoms with Crippen LogP contribution >= 0.6 is 0 Å². The van der Waals surface area contributed by atoms with E-state index in [1.807, 2.05) is 11.9 Å². The number of nitrogens with zero attached hydrogens (tertiary/aromatic N) is 1. The van der Waals surface area contributed by atoms with Crippen molar-refractivity contribution in [2.24, 2.45) is 0 Å². The summed E-state index contributed by atoms with van der Waals surface area (Å²) in [5.74, 6) is -1.13. The summed E-state index contributed by atoms with van der Waals surface area (Å²) in [6.45, 7) is 3.46. The van der Waals surface area contributed by atoms with Crippen LogP contribution in [0.5, 0.6) is 0 Å². The van der Waals surface area contributed by atoms with Gasteiger partial charge >= 0.3 is 11.9 Å². The minimum Gasteiger partial charge on any atom is -0.478 e. The molecule has 0 aliphatic heterocycles. The number of carbonyl (C=O) groups is 2. The average molecular weight is 265 g/mol. The summed E-state index contributed by atoms with van der Waals surface area (Å²) in [6, 6.07) is 6.72. The van der Waals surface area contributed by atoms with Crippen molar-refractivity contribution >= 4 is 11.9 Å². The maximum Gasteiger partial charge on any atom is 0.335 e. The van der Waals surface area contributed by atoms with Crippen molar-refractivity contribution < 1.29 is 19.4 Å². The van der Waals surface area contributed by atoms with E-state index < -0.39 is 5.97 Å². The zero-order chi connectivity index (χ0) is 14.3. The molecule has 0 aliphatic rings. The van der Waals surface area contributed by atoms with Gasteiger partial charge in [-0.05, 0) is 31.7 Å². The van der Waals surface area contributed by atoms with Gasteiger partial charge in [0.05, 0.1) is 18.6 Å². The minimum absolute atomic E-state index is 0.199. The average Bonchev–Trinajstić information content (AvgIpc) is 2.37. The number of carboxylic acid groups (broad SMARTS) is 1. The van der Waals surface area contributed by atoms with Gasteiger partial charge in [-0.2, -0.15) is 0 Å². The van der Waals surface area contributed by atoms with E-state index in [4.69, 9.17) is 9.84 Å². The zero-order valence-corrected chi connectivity index (χ0v) is 11.3. The lowest BCUT2D eigenvalue weighted by atomic mass is 10.1. The lowest BCUT2D eigenvalue weighted by Gasteiger charge is -2.16. The fourth-order valence-electron chi connectivity index (χ4n) is 1.66. The molecule has 1 rings (SSSR count). The molecule has 19 heavy (non-hydrogen) atoms. The fraction of sp³-hybridized carbons (Fsp3) is 0.429. The lowest BCUT2D eigenvalue weighted by molar-refractivity contribution is -0.143. The lowest BCUT2D eigenvalue weighted by Crippen LogP contribution is -2.22. The van der Waals surface area contributed by atoms with Crippen molar-refractivity contribution in [1.29, 1.82) is 0 Å². The van der Waals surface area contributed by atoms with E-state index in [1.165, 1.54) is 0 Å². The van der Waals surface area contributed by atoms with Gasteiger partial charge in [0, 0.05) is 13.1 Å². The number of aromatic carboxylic acids is 1. The summed E-state index contributed by atoms with van der Waals surface area (Å²) in [6.07, 6.45) is 0.359. The molecule has 0 fully saturated rings. The van der Waals surface area contributed by atoms with Gasteiger partial charge in [0.15, 0.2) is 0 Å².